The number of alkyl halides is 3. The van der Waals surface area contributed by atoms with Crippen molar-refractivity contribution in [2.75, 3.05) is 5.75 Å². The van der Waals surface area contributed by atoms with Crippen molar-refractivity contribution in [3.05, 3.63) is 96.3 Å². The molecule has 0 aliphatic rings. The number of aliphatic imine (C=N–C) groups is 1. The average molecular weight is 569 g/mol. The van der Waals surface area contributed by atoms with Gasteiger partial charge >= 0.3 is 12.3 Å². The fraction of sp³-hybridized carbons (Fsp3) is 0.148. The molecule has 0 radical (unpaired) electrons. The van der Waals surface area contributed by atoms with Gasteiger partial charge in [0, 0.05) is 5.56 Å². The minimum absolute atomic E-state index is 0.164. The van der Waals surface area contributed by atoms with E-state index in [0.717, 1.165) is 28.5 Å². The quantitative estimate of drug-likeness (QED) is 0.151. The van der Waals surface area contributed by atoms with Crippen LogP contribution in [0.4, 0.5) is 13.2 Å². The van der Waals surface area contributed by atoms with E-state index < -0.39 is 12.3 Å². The van der Waals surface area contributed by atoms with Crippen molar-refractivity contribution in [2.24, 2.45) is 10.1 Å². The van der Waals surface area contributed by atoms with E-state index in [2.05, 4.69) is 30.3 Å². The summed E-state index contributed by atoms with van der Waals surface area (Å²) < 4.78 is 42.4. The van der Waals surface area contributed by atoms with Crippen LogP contribution >= 0.6 is 11.8 Å². The van der Waals surface area contributed by atoms with E-state index >= 15 is 0 Å². The number of benzene rings is 3. The van der Waals surface area contributed by atoms with Crippen LogP contribution in [-0.2, 0) is 4.79 Å². The predicted octanol–water partition coefficient (Wildman–Crippen LogP) is 5.69. The topological polar surface area (TPSA) is 114 Å². The predicted molar refractivity (Wildman–Crippen MR) is 147 cm³/mol. The molecule has 3 aromatic carbocycles. The summed E-state index contributed by atoms with van der Waals surface area (Å²) in [7, 11) is 0. The number of thioether (sulfide) groups is 1. The van der Waals surface area contributed by atoms with Gasteiger partial charge in [-0.05, 0) is 42.3 Å². The SMILES string of the molecule is CC(N=C(NN=Cc1ccc(-c2ncn(-c3ccc(OC(F)(F)F)cc3)n2)cc1)SCC(=O)O)c1ccccc1. The number of halogens is 3. The number of hydrogen-bond donors (Lipinski definition) is 2. The molecule has 2 N–H and O–H groups in total. The summed E-state index contributed by atoms with van der Waals surface area (Å²) in [5, 5.41) is 18.0. The molecule has 0 saturated heterocycles. The molecular formula is C27H23F3N6O3S. The summed E-state index contributed by atoms with van der Waals surface area (Å²) in [5.41, 5.74) is 5.81. The number of nitrogens with zero attached hydrogens (tertiary/aromatic N) is 5. The second-order valence-corrected chi connectivity index (χ2v) is 9.21. The van der Waals surface area contributed by atoms with Crippen molar-refractivity contribution in [2.45, 2.75) is 19.3 Å². The van der Waals surface area contributed by atoms with Gasteiger partial charge in [-0.25, -0.2) is 9.67 Å². The Kier molecular flexibility index (Phi) is 9.17. The van der Waals surface area contributed by atoms with Crippen molar-refractivity contribution in [1.82, 2.24) is 20.2 Å². The third-order valence-corrected chi connectivity index (χ3v) is 6.16. The summed E-state index contributed by atoms with van der Waals surface area (Å²) in [6.45, 7) is 1.91. The van der Waals surface area contributed by atoms with Crippen molar-refractivity contribution < 1.29 is 27.8 Å². The lowest BCUT2D eigenvalue weighted by molar-refractivity contribution is -0.274. The van der Waals surface area contributed by atoms with Gasteiger partial charge in [0.2, 0.25) is 0 Å². The number of carbonyl (C=O) groups is 1. The monoisotopic (exact) mass is 568 g/mol. The molecule has 0 bridgehead atoms. The number of hydrogen-bond acceptors (Lipinski definition) is 7. The Balaban J connectivity index is 1.40. The zero-order valence-corrected chi connectivity index (χ0v) is 21.8. The molecule has 4 rings (SSSR count). The van der Waals surface area contributed by atoms with Crippen LogP contribution < -0.4 is 10.2 Å². The highest BCUT2D eigenvalue weighted by atomic mass is 32.2. The Morgan fingerprint density at radius 2 is 1.80 bits per heavy atom. The van der Waals surface area contributed by atoms with Crippen molar-refractivity contribution in [3.63, 3.8) is 0 Å². The minimum Gasteiger partial charge on any atom is -0.481 e. The molecule has 1 atom stereocenters. The van der Waals surface area contributed by atoms with E-state index in [0.29, 0.717) is 16.7 Å². The number of amidine groups is 1. The van der Waals surface area contributed by atoms with Gasteiger partial charge in [-0.15, -0.1) is 18.3 Å². The van der Waals surface area contributed by atoms with E-state index in [1.165, 1.54) is 35.3 Å². The number of aliphatic carboxylic acids is 1. The first kappa shape index (κ1) is 28.4. The molecule has 0 spiro atoms. The van der Waals surface area contributed by atoms with E-state index in [4.69, 9.17) is 5.11 Å². The maximum absolute atomic E-state index is 12.4. The highest BCUT2D eigenvalue weighted by Crippen LogP contribution is 2.24. The van der Waals surface area contributed by atoms with Gasteiger partial charge in [0.15, 0.2) is 11.0 Å². The lowest BCUT2D eigenvalue weighted by Crippen LogP contribution is -2.17. The van der Waals surface area contributed by atoms with E-state index in [9.17, 15) is 18.0 Å². The van der Waals surface area contributed by atoms with Gasteiger partial charge in [0.1, 0.15) is 12.1 Å². The summed E-state index contributed by atoms with van der Waals surface area (Å²) >= 11 is 1.04. The van der Waals surface area contributed by atoms with Crippen molar-refractivity contribution in [3.8, 4) is 22.8 Å². The molecular weight excluding hydrogens is 545 g/mol. The van der Waals surface area contributed by atoms with Crippen LogP contribution in [0.15, 0.2) is 95.3 Å². The number of carboxylic acid groups (broad SMARTS) is 1. The number of aromatic nitrogens is 3. The molecule has 0 saturated carbocycles. The molecule has 4 aromatic rings. The van der Waals surface area contributed by atoms with Crippen LogP contribution in [0.3, 0.4) is 0 Å². The summed E-state index contributed by atoms with van der Waals surface area (Å²) in [6.07, 6.45) is -1.73. The van der Waals surface area contributed by atoms with Crippen LogP contribution in [0, 0.1) is 0 Å². The van der Waals surface area contributed by atoms with Crippen LogP contribution in [-0.4, -0.2) is 49.3 Å². The molecule has 1 heterocycles. The summed E-state index contributed by atoms with van der Waals surface area (Å²) in [5.74, 6) is -1.03. The first-order chi connectivity index (χ1) is 19.2. The molecule has 13 heteroatoms. The molecule has 0 fully saturated rings. The van der Waals surface area contributed by atoms with Crippen molar-refractivity contribution in [1.29, 1.82) is 0 Å². The lowest BCUT2D eigenvalue weighted by atomic mass is 10.1. The zero-order valence-electron chi connectivity index (χ0n) is 21.0. The first-order valence-corrected chi connectivity index (χ1v) is 12.8. The van der Waals surface area contributed by atoms with Gasteiger partial charge in [-0.1, -0.05) is 66.4 Å². The molecule has 0 aliphatic heterocycles. The smallest absolute Gasteiger partial charge is 0.481 e. The van der Waals surface area contributed by atoms with Gasteiger partial charge in [0.05, 0.1) is 23.7 Å². The Labute approximate surface area is 231 Å². The normalized spacial score (nSPS) is 12.8. The van der Waals surface area contributed by atoms with E-state index in [-0.39, 0.29) is 17.5 Å². The fourth-order valence-corrected chi connectivity index (χ4v) is 4.02. The third kappa shape index (κ3) is 8.43. The van der Waals surface area contributed by atoms with Gasteiger partial charge in [-0.2, -0.15) is 5.10 Å². The van der Waals surface area contributed by atoms with Gasteiger partial charge in [0.25, 0.3) is 0 Å². The highest BCUT2D eigenvalue weighted by molar-refractivity contribution is 8.14. The number of carboxylic acids is 1. The molecule has 0 aliphatic carbocycles. The lowest BCUT2D eigenvalue weighted by Gasteiger charge is -2.10. The standard InChI is InChI=1S/C27H23F3N6O3S/c1-18(20-5-3-2-4-6-20)33-26(40-16-24(37)38)34-32-15-19-7-9-21(10-8-19)25-31-17-36(35-25)22-11-13-23(14-12-22)39-27(28,29)30/h2-15,17-18H,16H2,1H3,(H,33,34)(H,37,38). The highest BCUT2D eigenvalue weighted by Gasteiger charge is 2.31. The van der Waals surface area contributed by atoms with E-state index in [1.807, 2.05) is 37.3 Å². The second kappa shape index (κ2) is 12.9. The molecule has 206 valence electrons. The van der Waals surface area contributed by atoms with Crippen LogP contribution in [0.1, 0.15) is 24.1 Å². The largest absolute Gasteiger partial charge is 0.573 e. The Bertz CT molecular complexity index is 1470. The van der Waals surface area contributed by atoms with Gasteiger partial charge < -0.3 is 9.84 Å². The number of nitrogens with one attached hydrogen (secondary N) is 1. The van der Waals surface area contributed by atoms with Crippen LogP contribution in [0.5, 0.6) is 5.75 Å². The Morgan fingerprint density at radius 3 is 2.45 bits per heavy atom. The summed E-state index contributed by atoms with van der Waals surface area (Å²) in [4.78, 5) is 19.9. The van der Waals surface area contributed by atoms with Crippen LogP contribution in [0.25, 0.3) is 17.1 Å². The molecule has 9 nitrogen and oxygen atoms in total. The molecule has 40 heavy (non-hydrogen) atoms. The zero-order chi connectivity index (χ0) is 28.5. The van der Waals surface area contributed by atoms with Crippen molar-refractivity contribution >= 4 is 29.1 Å². The average Bonchev–Trinajstić information content (AvgIpc) is 3.42. The number of rotatable bonds is 9. The third-order valence-electron chi connectivity index (χ3n) is 5.29. The molecule has 1 aromatic heterocycles. The Morgan fingerprint density at radius 1 is 1.10 bits per heavy atom. The maximum Gasteiger partial charge on any atom is 0.573 e. The minimum atomic E-state index is -4.76. The molecule has 1 unspecified atom stereocenters. The summed E-state index contributed by atoms with van der Waals surface area (Å²) in [6, 6.07) is 21.9. The second-order valence-electron chi connectivity index (χ2n) is 8.25. The number of ether oxygens (including phenoxy) is 1. The number of hydrazone groups is 1. The first-order valence-electron chi connectivity index (χ1n) is 11.8. The maximum atomic E-state index is 12.4. The van der Waals surface area contributed by atoms with Crippen LogP contribution in [0.2, 0.25) is 0 Å². The molecule has 0 amide bonds. The van der Waals surface area contributed by atoms with Gasteiger partial charge in [-0.3, -0.25) is 15.2 Å². The fourth-order valence-electron chi connectivity index (χ4n) is 3.41. The van der Waals surface area contributed by atoms with E-state index in [1.54, 1.807) is 30.5 Å². The Hall–Kier alpha value is -4.65.